The number of esters is 1. The van der Waals surface area contributed by atoms with E-state index in [2.05, 4.69) is 26.0 Å². The quantitative estimate of drug-likeness (QED) is 0.0355. The summed E-state index contributed by atoms with van der Waals surface area (Å²) in [6, 6.07) is 8.98. The van der Waals surface area contributed by atoms with Gasteiger partial charge in [0.1, 0.15) is 42.4 Å². The third-order valence-corrected chi connectivity index (χ3v) is 11.5. The molecule has 0 bridgehead atoms. The number of halogens is 3. The van der Waals surface area contributed by atoms with Crippen LogP contribution in [0.15, 0.2) is 54.9 Å². The lowest BCUT2D eigenvalue weighted by atomic mass is 9.99. The first-order chi connectivity index (χ1) is 28.7. The van der Waals surface area contributed by atoms with Crippen LogP contribution in [0.3, 0.4) is 0 Å². The maximum atomic E-state index is 15.0. The van der Waals surface area contributed by atoms with E-state index in [1.54, 1.807) is 18.2 Å². The Bertz CT molecular complexity index is 2150. The van der Waals surface area contributed by atoms with Crippen molar-refractivity contribution in [3.63, 3.8) is 0 Å². The van der Waals surface area contributed by atoms with E-state index >= 15 is 4.57 Å². The number of carbonyl (C=O) groups excluding carboxylic acids is 2. The molecule has 324 valence electrons. The van der Waals surface area contributed by atoms with Gasteiger partial charge in [0.15, 0.2) is 28.7 Å². The van der Waals surface area contributed by atoms with Crippen molar-refractivity contribution in [1.82, 2.24) is 24.6 Å². The standard InChI is InChI=1S/C41H50F3N6O9P/c1-6-14-30(15-7-2)56-40(52)57-33-22-34(50-25-46-35-36(45)47-39(44)48-37(35)50)58-41(33,10-5)24-55-60(53,59-31-16-12-11-13-17-31)49-32(38(51)54-23-26(8-3)9-4)20-27-18-28(42)21-29(43)19-27/h5,11-13,16-19,21,25-26,30,32-34H,6-9,14-15,20,22-24H2,1-4H3,(H,49,53)(H2,45,47,48)/t32-,33-,34+,41+,60-/m0/s1. The zero-order valence-electron chi connectivity index (χ0n) is 33.9. The van der Waals surface area contributed by atoms with E-state index in [0.29, 0.717) is 31.7 Å². The number of para-hydroxylation sites is 1. The fourth-order valence-electron chi connectivity index (χ4n) is 6.71. The van der Waals surface area contributed by atoms with Gasteiger partial charge in [0.25, 0.3) is 0 Å². The SMILES string of the molecule is C#C[C@]1(CO[P@@](=O)(N[C@@H](Cc2cc(F)cc(F)c2)C(=O)OCC(CC)CC)Oc2ccccc2)O[C@@H](n2cnc3c(N)nc(F)nc32)C[C@@H]1OC(=O)OC(CCC)CCC. The molecule has 0 saturated carbocycles. The summed E-state index contributed by atoms with van der Waals surface area (Å²) in [6.45, 7) is 6.95. The second kappa shape index (κ2) is 20.9. The second-order valence-corrected chi connectivity index (χ2v) is 16.1. The van der Waals surface area contributed by atoms with Gasteiger partial charge in [0.05, 0.1) is 12.9 Å². The Kier molecular flexibility index (Phi) is 15.9. The van der Waals surface area contributed by atoms with Crippen LogP contribution in [0.1, 0.15) is 84.4 Å². The van der Waals surface area contributed by atoms with Gasteiger partial charge < -0.3 is 29.2 Å². The summed E-state index contributed by atoms with van der Waals surface area (Å²) in [4.78, 5) is 38.7. The largest absolute Gasteiger partial charge is 0.508 e. The van der Waals surface area contributed by atoms with Crippen molar-refractivity contribution < 1.29 is 55.3 Å². The van der Waals surface area contributed by atoms with Gasteiger partial charge in [0, 0.05) is 12.5 Å². The predicted octanol–water partition coefficient (Wildman–Crippen LogP) is 7.99. The topological polar surface area (TPSA) is 188 Å². The maximum Gasteiger partial charge on any atom is 0.508 e. The van der Waals surface area contributed by atoms with Crippen LogP contribution in [-0.4, -0.2) is 68.7 Å². The van der Waals surface area contributed by atoms with E-state index in [1.165, 1.54) is 23.0 Å². The molecule has 3 N–H and O–H groups in total. The first-order valence-electron chi connectivity index (χ1n) is 19.8. The van der Waals surface area contributed by atoms with Crippen LogP contribution in [0.5, 0.6) is 5.75 Å². The second-order valence-electron chi connectivity index (χ2n) is 14.4. The summed E-state index contributed by atoms with van der Waals surface area (Å²) in [6.07, 6.45) is 5.62. The molecule has 60 heavy (non-hydrogen) atoms. The minimum Gasteiger partial charge on any atom is -0.464 e. The molecule has 1 fully saturated rings. The van der Waals surface area contributed by atoms with Crippen LogP contribution in [0.25, 0.3) is 11.2 Å². The van der Waals surface area contributed by atoms with Crippen LogP contribution in [0.4, 0.5) is 23.8 Å². The number of aromatic nitrogens is 4. The van der Waals surface area contributed by atoms with E-state index in [1.807, 2.05) is 27.7 Å². The molecular weight excluding hydrogens is 808 g/mol. The number of nitrogen functional groups attached to an aromatic ring is 1. The van der Waals surface area contributed by atoms with E-state index < -0.39 is 80.7 Å². The maximum absolute atomic E-state index is 15.0. The predicted molar refractivity (Wildman–Crippen MR) is 214 cm³/mol. The first-order valence-corrected chi connectivity index (χ1v) is 21.3. The number of hydrogen-bond donors (Lipinski definition) is 2. The van der Waals surface area contributed by atoms with E-state index in [0.717, 1.165) is 25.0 Å². The number of hydrogen-bond acceptors (Lipinski definition) is 13. The molecule has 0 unspecified atom stereocenters. The number of nitrogens with two attached hydrogens (primary N) is 1. The van der Waals surface area contributed by atoms with E-state index in [-0.39, 0.29) is 47.2 Å². The van der Waals surface area contributed by atoms with Crippen molar-refractivity contribution in [2.75, 3.05) is 18.9 Å². The Labute approximate surface area is 346 Å². The summed E-state index contributed by atoms with van der Waals surface area (Å²) in [5, 5.41) is 2.62. The summed E-state index contributed by atoms with van der Waals surface area (Å²) in [5.74, 6) is -0.431. The van der Waals surface area contributed by atoms with Crippen molar-refractivity contribution in [2.45, 2.75) is 109 Å². The van der Waals surface area contributed by atoms with Crippen LogP contribution in [0, 0.1) is 36.0 Å². The number of nitrogens with one attached hydrogen (secondary N) is 1. The fraction of sp³-hybridized carbons (Fsp3) is 0.488. The Morgan fingerprint density at radius 3 is 2.38 bits per heavy atom. The normalized spacial score (nSPS) is 19.2. The smallest absolute Gasteiger partial charge is 0.464 e. The Hall–Kier alpha value is -5.21. The van der Waals surface area contributed by atoms with Crippen LogP contribution in [-0.2, 0) is 39.3 Å². The highest BCUT2D eigenvalue weighted by molar-refractivity contribution is 7.52. The number of terminal acetylenes is 1. The molecule has 1 aliphatic heterocycles. The molecule has 4 aromatic rings. The van der Waals surface area contributed by atoms with E-state index in [9.17, 15) is 22.8 Å². The lowest BCUT2D eigenvalue weighted by Gasteiger charge is -2.31. The monoisotopic (exact) mass is 858 g/mol. The lowest BCUT2D eigenvalue weighted by Crippen LogP contribution is -2.46. The number of carbonyl (C=O) groups is 2. The summed E-state index contributed by atoms with van der Waals surface area (Å²) >= 11 is 0. The van der Waals surface area contributed by atoms with Gasteiger partial charge in [-0.1, -0.05) is 77.5 Å². The summed E-state index contributed by atoms with van der Waals surface area (Å²) < 4.78 is 94.9. The summed E-state index contributed by atoms with van der Waals surface area (Å²) in [5.41, 5.74) is 3.87. The minimum atomic E-state index is -4.81. The molecule has 1 saturated heterocycles. The van der Waals surface area contributed by atoms with Gasteiger partial charge in [-0.15, -0.1) is 6.42 Å². The summed E-state index contributed by atoms with van der Waals surface area (Å²) in [7, 11) is -4.81. The molecule has 5 atom stereocenters. The Morgan fingerprint density at radius 2 is 1.75 bits per heavy atom. The molecule has 15 nitrogen and oxygen atoms in total. The number of rotatable bonds is 21. The van der Waals surface area contributed by atoms with E-state index in [4.69, 9.17) is 40.2 Å². The van der Waals surface area contributed by atoms with Gasteiger partial charge in [0.2, 0.25) is 0 Å². The molecule has 1 aliphatic rings. The Morgan fingerprint density at radius 1 is 1.07 bits per heavy atom. The van der Waals surface area contributed by atoms with Crippen molar-refractivity contribution in [1.29, 1.82) is 0 Å². The van der Waals surface area contributed by atoms with Crippen molar-refractivity contribution in [3.8, 4) is 18.1 Å². The molecule has 2 aromatic heterocycles. The molecule has 5 rings (SSSR count). The fourth-order valence-corrected chi connectivity index (χ4v) is 8.23. The number of anilines is 1. The zero-order valence-corrected chi connectivity index (χ0v) is 34.7. The number of ether oxygens (including phenoxy) is 4. The number of nitrogens with zero attached hydrogens (tertiary/aromatic N) is 4. The minimum absolute atomic E-state index is 0.00245. The van der Waals surface area contributed by atoms with Crippen LogP contribution in [0.2, 0.25) is 0 Å². The van der Waals surface area contributed by atoms with Gasteiger partial charge in [-0.3, -0.25) is 13.9 Å². The highest BCUT2D eigenvalue weighted by Crippen LogP contribution is 2.49. The molecule has 0 aliphatic carbocycles. The van der Waals surface area contributed by atoms with Crippen LogP contribution < -0.4 is 15.3 Å². The average Bonchev–Trinajstić information content (AvgIpc) is 3.79. The van der Waals surface area contributed by atoms with Gasteiger partial charge in [-0.2, -0.15) is 19.4 Å². The van der Waals surface area contributed by atoms with Gasteiger partial charge >= 0.3 is 25.9 Å². The molecular formula is C41H50F3N6O9P. The molecule has 0 radical (unpaired) electrons. The number of benzene rings is 2. The molecule has 19 heteroatoms. The first kappa shape index (κ1) is 45.9. The van der Waals surface area contributed by atoms with Gasteiger partial charge in [-0.25, -0.2) is 23.1 Å². The third kappa shape index (κ3) is 11.7. The van der Waals surface area contributed by atoms with Crippen molar-refractivity contribution in [2.24, 2.45) is 5.92 Å². The third-order valence-electron chi connectivity index (χ3n) is 9.97. The number of fused-ring (bicyclic) bond motifs is 1. The lowest BCUT2D eigenvalue weighted by molar-refractivity contribution is -0.147. The number of imidazole rings is 1. The van der Waals surface area contributed by atoms with Crippen molar-refractivity contribution >= 4 is 36.9 Å². The highest BCUT2D eigenvalue weighted by atomic mass is 31.2. The molecule has 2 aromatic carbocycles. The zero-order chi connectivity index (χ0) is 43.5. The molecule has 0 amide bonds. The molecule has 3 heterocycles. The van der Waals surface area contributed by atoms with Crippen molar-refractivity contribution in [3.05, 3.63) is 78.1 Å². The Balaban J connectivity index is 1.51. The van der Waals surface area contributed by atoms with Crippen LogP contribution >= 0.6 is 7.75 Å². The average molecular weight is 859 g/mol. The van der Waals surface area contributed by atoms with Gasteiger partial charge in [-0.05, 0) is 55.0 Å². The molecule has 0 spiro atoms. The highest BCUT2D eigenvalue weighted by Gasteiger charge is 2.54.